The number of benzene rings is 1. The van der Waals surface area contributed by atoms with Gasteiger partial charge in [-0.05, 0) is 60.9 Å². The van der Waals surface area contributed by atoms with Crippen LogP contribution in [0.3, 0.4) is 0 Å². The Labute approximate surface area is 222 Å². The minimum Gasteiger partial charge on any atom is -0.469 e. The zero-order chi connectivity index (χ0) is 26.8. The highest BCUT2D eigenvalue weighted by Crippen LogP contribution is 2.43. The number of carbonyl (C=O) groups is 2. The summed E-state index contributed by atoms with van der Waals surface area (Å²) in [6.07, 6.45) is 12.0. The number of carbonyl (C=O) groups excluding carboxylic acids is 2. The molecule has 204 valence electrons. The van der Waals surface area contributed by atoms with Crippen molar-refractivity contribution in [2.45, 2.75) is 135 Å². The molecule has 5 heteroatoms. The Balaban J connectivity index is 2.02. The van der Waals surface area contributed by atoms with Crippen molar-refractivity contribution in [3.8, 4) is 0 Å². The molecule has 0 unspecified atom stereocenters. The molecule has 0 bridgehead atoms. The first kappa shape index (κ1) is 30.8. The number of methoxy groups -OCH3 is 1. The molecule has 0 aromatic heterocycles. The maximum atomic E-state index is 12.7. The molecule has 2 rings (SSSR count). The molecular weight excluding hydrogens is 464 g/mol. The summed E-state index contributed by atoms with van der Waals surface area (Å²) in [5.74, 6) is 0.769. The zero-order valence-electron chi connectivity index (χ0n) is 24.2. The maximum Gasteiger partial charge on any atom is 0.305 e. The van der Waals surface area contributed by atoms with Crippen LogP contribution >= 0.6 is 0 Å². The lowest BCUT2D eigenvalue weighted by atomic mass is 9.84. The molecule has 1 aliphatic carbocycles. The highest BCUT2D eigenvalue weighted by atomic mass is 28.4. The van der Waals surface area contributed by atoms with E-state index in [1.807, 2.05) is 0 Å². The fourth-order valence-corrected chi connectivity index (χ4v) is 6.44. The monoisotopic (exact) mass is 516 g/mol. The molecule has 1 fully saturated rings. The highest BCUT2D eigenvalue weighted by molar-refractivity contribution is 6.74. The van der Waals surface area contributed by atoms with Gasteiger partial charge in [0, 0.05) is 18.8 Å². The number of hydrogen-bond acceptors (Lipinski definition) is 4. The summed E-state index contributed by atoms with van der Waals surface area (Å²) >= 11 is 0. The Bertz CT molecular complexity index is 809. The van der Waals surface area contributed by atoms with Gasteiger partial charge in [0.2, 0.25) is 0 Å². The lowest BCUT2D eigenvalue weighted by Crippen LogP contribution is -2.41. The molecule has 1 aromatic carbocycles. The van der Waals surface area contributed by atoms with E-state index >= 15 is 0 Å². The van der Waals surface area contributed by atoms with E-state index in [9.17, 15) is 9.59 Å². The smallest absolute Gasteiger partial charge is 0.305 e. The van der Waals surface area contributed by atoms with E-state index in [1.165, 1.54) is 37.5 Å². The topological polar surface area (TPSA) is 52.6 Å². The fraction of sp³-hybridized carbons (Fsp3) is 0.742. The van der Waals surface area contributed by atoms with Gasteiger partial charge in [-0.15, -0.1) is 0 Å². The van der Waals surface area contributed by atoms with E-state index in [0.29, 0.717) is 24.5 Å². The van der Waals surface area contributed by atoms with Crippen LogP contribution in [0.5, 0.6) is 0 Å². The van der Waals surface area contributed by atoms with Crippen LogP contribution in [0.4, 0.5) is 0 Å². The van der Waals surface area contributed by atoms with E-state index in [-0.39, 0.29) is 23.0 Å². The first-order chi connectivity index (χ1) is 17.0. The van der Waals surface area contributed by atoms with Gasteiger partial charge in [-0.25, -0.2) is 0 Å². The van der Waals surface area contributed by atoms with E-state index in [2.05, 4.69) is 65.1 Å². The molecule has 0 N–H and O–H groups in total. The number of hydrogen-bond donors (Lipinski definition) is 0. The number of ether oxygens (including phenoxy) is 1. The van der Waals surface area contributed by atoms with Gasteiger partial charge in [-0.2, -0.15) is 0 Å². The Morgan fingerprint density at radius 1 is 1.03 bits per heavy atom. The Morgan fingerprint density at radius 2 is 1.69 bits per heavy atom. The van der Waals surface area contributed by atoms with Crippen molar-refractivity contribution >= 4 is 20.1 Å². The second-order valence-electron chi connectivity index (χ2n) is 12.3. The number of ketones is 1. The number of Topliss-reactive ketones (excluding diaryl/α,β-unsaturated/α-hetero) is 1. The molecule has 1 saturated carbocycles. The molecule has 0 heterocycles. The molecule has 0 aliphatic heterocycles. The molecular formula is C31H52O4Si. The molecule has 4 nitrogen and oxygen atoms in total. The van der Waals surface area contributed by atoms with Gasteiger partial charge in [0.1, 0.15) is 5.78 Å². The SMILES string of the molecule is CCCCC[C@H](O[Si](C)(C)C(C)(C)C)c1ccc([C@H]2CCC(=O)[C@H]2CCCCCCC(=O)OC)cc1. The van der Waals surface area contributed by atoms with Crippen LogP contribution in [0, 0.1) is 5.92 Å². The number of rotatable bonds is 15. The minimum absolute atomic E-state index is 0.133. The summed E-state index contributed by atoms with van der Waals surface area (Å²) in [5.41, 5.74) is 2.59. The van der Waals surface area contributed by atoms with Gasteiger partial charge < -0.3 is 9.16 Å². The summed E-state index contributed by atoms with van der Waals surface area (Å²) in [5, 5.41) is 0.187. The lowest BCUT2D eigenvalue weighted by molar-refractivity contribution is -0.140. The lowest BCUT2D eigenvalue weighted by Gasteiger charge is -2.39. The molecule has 36 heavy (non-hydrogen) atoms. The second-order valence-corrected chi connectivity index (χ2v) is 17.0. The predicted molar refractivity (Wildman–Crippen MR) is 152 cm³/mol. The molecule has 0 amide bonds. The van der Waals surface area contributed by atoms with E-state index in [4.69, 9.17) is 9.16 Å². The third-order valence-electron chi connectivity index (χ3n) is 8.52. The first-order valence-corrected chi connectivity index (χ1v) is 17.3. The maximum absolute atomic E-state index is 12.7. The van der Waals surface area contributed by atoms with Gasteiger partial charge in [0.25, 0.3) is 0 Å². The highest BCUT2D eigenvalue weighted by Gasteiger charge is 2.39. The standard InChI is InChI=1S/C31H52O4Si/c1-8-9-12-16-29(35-36(6,7)31(2,3)4)25-20-18-24(19-21-25)26-22-23-28(32)27(26)15-13-10-11-14-17-30(33)34-5/h18-21,26-27,29H,8-17,22-23H2,1-7H3/t26-,27+,29+/m1/s1. The van der Waals surface area contributed by atoms with Crippen LogP contribution in [0.15, 0.2) is 24.3 Å². The van der Waals surface area contributed by atoms with Crippen LogP contribution < -0.4 is 0 Å². The quantitative estimate of drug-likeness (QED) is 0.133. The normalized spacial score (nSPS) is 19.5. The molecule has 3 atom stereocenters. The minimum atomic E-state index is -1.87. The third kappa shape index (κ3) is 9.13. The van der Waals surface area contributed by atoms with Crippen molar-refractivity contribution in [1.82, 2.24) is 0 Å². The fourth-order valence-electron chi connectivity index (χ4n) is 5.12. The summed E-state index contributed by atoms with van der Waals surface area (Å²) in [4.78, 5) is 24.0. The molecule has 0 radical (unpaired) electrons. The Kier molecular flexibility index (Phi) is 12.4. The number of unbranched alkanes of at least 4 members (excludes halogenated alkanes) is 5. The van der Waals surface area contributed by atoms with E-state index < -0.39 is 8.32 Å². The molecule has 0 spiro atoms. The van der Waals surface area contributed by atoms with Crippen LogP contribution in [0.1, 0.15) is 128 Å². The van der Waals surface area contributed by atoms with Crippen molar-refractivity contribution in [2.24, 2.45) is 5.92 Å². The van der Waals surface area contributed by atoms with Crippen molar-refractivity contribution < 1.29 is 18.8 Å². The van der Waals surface area contributed by atoms with Gasteiger partial charge >= 0.3 is 5.97 Å². The van der Waals surface area contributed by atoms with Gasteiger partial charge in [-0.1, -0.05) is 90.5 Å². The first-order valence-electron chi connectivity index (χ1n) is 14.4. The second kappa shape index (κ2) is 14.5. The summed E-state index contributed by atoms with van der Waals surface area (Å²) in [7, 11) is -0.435. The summed E-state index contributed by atoms with van der Waals surface area (Å²) in [6, 6.07) is 9.07. The van der Waals surface area contributed by atoms with Crippen LogP contribution in [-0.4, -0.2) is 27.2 Å². The molecule has 1 aliphatic rings. The summed E-state index contributed by atoms with van der Waals surface area (Å²) < 4.78 is 11.6. The average Bonchev–Trinajstić information content (AvgIpc) is 3.20. The van der Waals surface area contributed by atoms with Crippen LogP contribution in [0.25, 0.3) is 0 Å². The Morgan fingerprint density at radius 3 is 2.31 bits per heavy atom. The largest absolute Gasteiger partial charge is 0.469 e. The summed E-state index contributed by atoms with van der Waals surface area (Å²) in [6.45, 7) is 13.9. The van der Waals surface area contributed by atoms with Crippen molar-refractivity contribution in [3.63, 3.8) is 0 Å². The van der Waals surface area contributed by atoms with Crippen molar-refractivity contribution in [2.75, 3.05) is 7.11 Å². The average molecular weight is 517 g/mol. The predicted octanol–water partition coefficient (Wildman–Crippen LogP) is 8.91. The Hall–Kier alpha value is -1.46. The number of esters is 1. The van der Waals surface area contributed by atoms with Crippen molar-refractivity contribution in [3.05, 3.63) is 35.4 Å². The van der Waals surface area contributed by atoms with Crippen LogP contribution in [0.2, 0.25) is 18.1 Å². The van der Waals surface area contributed by atoms with Gasteiger partial charge in [-0.3, -0.25) is 9.59 Å². The van der Waals surface area contributed by atoms with Gasteiger partial charge in [0.05, 0.1) is 13.2 Å². The third-order valence-corrected chi connectivity index (χ3v) is 13.0. The van der Waals surface area contributed by atoms with Crippen molar-refractivity contribution in [1.29, 1.82) is 0 Å². The zero-order valence-corrected chi connectivity index (χ0v) is 25.2. The molecule has 0 saturated heterocycles. The molecule has 1 aromatic rings. The van der Waals surface area contributed by atoms with E-state index in [1.54, 1.807) is 0 Å². The van der Waals surface area contributed by atoms with Crippen LogP contribution in [-0.2, 0) is 18.8 Å². The van der Waals surface area contributed by atoms with E-state index in [0.717, 1.165) is 44.9 Å². The van der Waals surface area contributed by atoms with Gasteiger partial charge in [0.15, 0.2) is 8.32 Å².